The highest BCUT2D eigenvalue weighted by Crippen LogP contribution is 2.03. The van der Waals surface area contributed by atoms with Crippen molar-refractivity contribution in [3.63, 3.8) is 0 Å². The average molecular weight is 277 g/mol. The second-order valence-electron chi connectivity index (χ2n) is 4.40. The van der Waals surface area contributed by atoms with E-state index in [2.05, 4.69) is 27.2 Å². The molecular formula is C15H23N3O2. The first-order valence-electron chi connectivity index (χ1n) is 6.77. The number of carbonyl (C=O) groups is 1. The van der Waals surface area contributed by atoms with Crippen molar-refractivity contribution in [3.05, 3.63) is 35.9 Å². The molecule has 0 heterocycles. The summed E-state index contributed by atoms with van der Waals surface area (Å²) in [4.78, 5) is 17.6. The Morgan fingerprint density at radius 3 is 2.65 bits per heavy atom. The molecule has 5 heteroatoms. The van der Waals surface area contributed by atoms with Crippen molar-refractivity contribution in [3.8, 4) is 0 Å². The molecule has 0 bridgehead atoms. The van der Waals surface area contributed by atoms with Crippen LogP contribution in [-0.4, -0.2) is 44.1 Å². The first-order chi connectivity index (χ1) is 9.67. The Hall–Kier alpha value is -2.04. The molecule has 0 amide bonds. The summed E-state index contributed by atoms with van der Waals surface area (Å²) in [6, 6.07) is 10.2. The SMILES string of the molecule is CCNC(=NCCC(=O)OC)N(C)Cc1ccccc1. The Labute approximate surface area is 120 Å². The molecule has 0 spiro atoms. The van der Waals surface area contributed by atoms with Crippen molar-refractivity contribution in [2.45, 2.75) is 19.9 Å². The molecule has 0 radical (unpaired) electrons. The lowest BCUT2D eigenvalue weighted by Crippen LogP contribution is -2.38. The van der Waals surface area contributed by atoms with Crippen molar-refractivity contribution >= 4 is 11.9 Å². The van der Waals surface area contributed by atoms with Gasteiger partial charge in [0.25, 0.3) is 0 Å². The maximum Gasteiger partial charge on any atom is 0.307 e. The van der Waals surface area contributed by atoms with E-state index in [-0.39, 0.29) is 5.97 Å². The quantitative estimate of drug-likeness (QED) is 0.488. The van der Waals surface area contributed by atoms with E-state index in [4.69, 9.17) is 0 Å². The highest BCUT2D eigenvalue weighted by atomic mass is 16.5. The maximum atomic E-state index is 11.1. The van der Waals surface area contributed by atoms with E-state index in [0.717, 1.165) is 19.0 Å². The Kier molecular flexibility index (Phi) is 7.17. The zero-order valence-electron chi connectivity index (χ0n) is 12.4. The molecule has 20 heavy (non-hydrogen) atoms. The van der Waals surface area contributed by atoms with Gasteiger partial charge in [-0.15, -0.1) is 0 Å². The molecule has 1 aromatic rings. The number of aliphatic imine (C=N–C) groups is 1. The van der Waals surface area contributed by atoms with Crippen LogP contribution in [-0.2, 0) is 16.1 Å². The maximum absolute atomic E-state index is 11.1. The molecule has 110 valence electrons. The van der Waals surface area contributed by atoms with Crippen LogP contribution in [0, 0.1) is 0 Å². The minimum atomic E-state index is -0.240. The molecule has 0 unspecified atom stereocenters. The molecule has 0 atom stereocenters. The summed E-state index contributed by atoms with van der Waals surface area (Å²) in [6.45, 7) is 4.00. The van der Waals surface area contributed by atoms with Crippen LogP contribution in [0.3, 0.4) is 0 Å². The lowest BCUT2D eigenvalue weighted by Gasteiger charge is -2.22. The number of carbonyl (C=O) groups excluding carboxylic acids is 1. The fourth-order valence-electron chi connectivity index (χ4n) is 1.76. The Balaban J connectivity index is 2.59. The van der Waals surface area contributed by atoms with Crippen LogP contribution in [0.15, 0.2) is 35.3 Å². The number of guanidine groups is 1. The molecule has 0 saturated carbocycles. The summed E-state index contributed by atoms with van der Waals surface area (Å²) >= 11 is 0. The summed E-state index contributed by atoms with van der Waals surface area (Å²) < 4.78 is 4.61. The third-order valence-corrected chi connectivity index (χ3v) is 2.76. The van der Waals surface area contributed by atoms with Gasteiger partial charge in [0.05, 0.1) is 20.1 Å². The van der Waals surface area contributed by atoms with Gasteiger partial charge in [-0.1, -0.05) is 30.3 Å². The van der Waals surface area contributed by atoms with E-state index in [1.807, 2.05) is 37.1 Å². The van der Waals surface area contributed by atoms with Crippen molar-refractivity contribution < 1.29 is 9.53 Å². The Morgan fingerprint density at radius 1 is 1.35 bits per heavy atom. The van der Waals surface area contributed by atoms with Crippen LogP contribution in [0.5, 0.6) is 0 Å². The van der Waals surface area contributed by atoms with E-state index >= 15 is 0 Å². The number of hydrogen-bond donors (Lipinski definition) is 1. The number of esters is 1. The number of methoxy groups -OCH3 is 1. The van der Waals surface area contributed by atoms with Gasteiger partial charge in [-0.25, -0.2) is 0 Å². The topological polar surface area (TPSA) is 53.9 Å². The average Bonchev–Trinajstić information content (AvgIpc) is 2.47. The highest BCUT2D eigenvalue weighted by Gasteiger charge is 2.06. The summed E-state index contributed by atoms with van der Waals surface area (Å²) in [6.07, 6.45) is 0.296. The van der Waals surface area contributed by atoms with Crippen LogP contribution in [0.2, 0.25) is 0 Å². The molecule has 0 fully saturated rings. The van der Waals surface area contributed by atoms with E-state index in [1.165, 1.54) is 12.7 Å². The smallest absolute Gasteiger partial charge is 0.307 e. The lowest BCUT2D eigenvalue weighted by molar-refractivity contribution is -0.140. The number of benzene rings is 1. The number of nitrogens with one attached hydrogen (secondary N) is 1. The van der Waals surface area contributed by atoms with Crippen molar-refractivity contribution in [1.82, 2.24) is 10.2 Å². The second-order valence-corrected chi connectivity index (χ2v) is 4.40. The third-order valence-electron chi connectivity index (χ3n) is 2.76. The summed E-state index contributed by atoms with van der Waals surface area (Å²) in [7, 11) is 3.37. The van der Waals surface area contributed by atoms with E-state index in [1.54, 1.807) is 0 Å². The van der Waals surface area contributed by atoms with Crippen LogP contribution in [0.25, 0.3) is 0 Å². The van der Waals surface area contributed by atoms with Gasteiger partial charge >= 0.3 is 5.97 Å². The van der Waals surface area contributed by atoms with E-state index in [0.29, 0.717) is 13.0 Å². The van der Waals surface area contributed by atoms with Crippen molar-refractivity contribution in [2.75, 3.05) is 27.2 Å². The number of rotatable bonds is 6. The first-order valence-corrected chi connectivity index (χ1v) is 6.77. The fourth-order valence-corrected chi connectivity index (χ4v) is 1.76. The van der Waals surface area contributed by atoms with Gasteiger partial charge in [0.15, 0.2) is 5.96 Å². The monoisotopic (exact) mass is 277 g/mol. The van der Waals surface area contributed by atoms with Crippen LogP contribution in [0.4, 0.5) is 0 Å². The molecule has 0 aromatic heterocycles. The minimum absolute atomic E-state index is 0.240. The Bertz CT molecular complexity index is 432. The van der Waals surface area contributed by atoms with Gasteiger partial charge in [0.2, 0.25) is 0 Å². The molecule has 5 nitrogen and oxygen atoms in total. The van der Waals surface area contributed by atoms with Gasteiger partial charge in [0.1, 0.15) is 0 Å². The van der Waals surface area contributed by atoms with Gasteiger partial charge in [0, 0.05) is 20.1 Å². The lowest BCUT2D eigenvalue weighted by atomic mass is 10.2. The predicted octanol–water partition coefficient (Wildman–Crippen LogP) is 1.65. The molecule has 1 aromatic carbocycles. The van der Waals surface area contributed by atoms with Gasteiger partial charge in [-0.3, -0.25) is 9.79 Å². The molecule has 0 saturated heterocycles. The normalized spacial score (nSPS) is 11.1. The minimum Gasteiger partial charge on any atom is -0.469 e. The molecule has 1 rings (SSSR count). The largest absolute Gasteiger partial charge is 0.469 e. The number of nitrogens with zero attached hydrogens (tertiary/aromatic N) is 2. The predicted molar refractivity (Wildman–Crippen MR) is 80.5 cm³/mol. The molecule has 0 aliphatic rings. The van der Waals surface area contributed by atoms with Crippen LogP contribution in [0.1, 0.15) is 18.9 Å². The van der Waals surface area contributed by atoms with Crippen molar-refractivity contribution in [2.24, 2.45) is 4.99 Å². The van der Waals surface area contributed by atoms with Crippen LogP contribution < -0.4 is 5.32 Å². The number of ether oxygens (including phenoxy) is 1. The summed E-state index contributed by atoms with van der Waals surface area (Å²) in [5.74, 6) is 0.551. The molecule has 1 N–H and O–H groups in total. The first kappa shape index (κ1) is 16.0. The summed E-state index contributed by atoms with van der Waals surface area (Å²) in [5, 5.41) is 3.22. The van der Waals surface area contributed by atoms with Gasteiger partial charge < -0.3 is 15.0 Å². The van der Waals surface area contributed by atoms with Gasteiger partial charge in [-0.2, -0.15) is 0 Å². The fraction of sp³-hybridized carbons (Fsp3) is 0.467. The molecular weight excluding hydrogens is 254 g/mol. The third kappa shape index (κ3) is 5.73. The van der Waals surface area contributed by atoms with E-state index < -0.39 is 0 Å². The zero-order valence-corrected chi connectivity index (χ0v) is 12.4. The summed E-state index contributed by atoms with van der Waals surface area (Å²) in [5.41, 5.74) is 1.22. The number of hydrogen-bond acceptors (Lipinski definition) is 3. The second kappa shape index (κ2) is 8.96. The molecule has 0 aliphatic carbocycles. The highest BCUT2D eigenvalue weighted by molar-refractivity contribution is 5.80. The zero-order chi connectivity index (χ0) is 14.8. The van der Waals surface area contributed by atoms with E-state index in [9.17, 15) is 4.79 Å². The standard InChI is InChI=1S/C15H23N3O2/c1-4-16-15(17-11-10-14(19)20-3)18(2)12-13-8-6-5-7-9-13/h5-9H,4,10-12H2,1-3H3,(H,16,17). The van der Waals surface area contributed by atoms with Crippen molar-refractivity contribution in [1.29, 1.82) is 0 Å². The Morgan fingerprint density at radius 2 is 2.05 bits per heavy atom. The van der Waals surface area contributed by atoms with Crippen LogP contribution >= 0.6 is 0 Å². The van der Waals surface area contributed by atoms with Gasteiger partial charge in [-0.05, 0) is 12.5 Å². The molecule has 0 aliphatic heterocycles.